The molecule has 3 aromatic carbocycles. The Hall–Kier alpha value is -4.66. The maximum atomic E-state index is 15.1. The fraction of sp³-hybridized carbons (Fsp3) is 0.226. The molecule has 234 valence electrons. The number of imidazole rings is 1. The van der Waals surface area contributed by atoms with Gasteiger partial charge < -0.3 is 28.7 Å². The van der Waals surface area contributed by atoms with Crippen molar-refractivity contribution in [2.45, 2.75) is 44.3 Å². The van der Waals surface area contributed by atoms with Gasteiger partial charge >= 0.3 is 6.29 Å². The highest BCUT2D eigenvalue weighted by Gasteiger charge is 2.43. The average molecular weight is 642 g/mol. The first-order valence-corrected chi connectivity index (χ1v) is 15.5. The molecule has 1 aliphatic rings. The summed E-state index contributed by atoms with van der Waals surface area (Å²) in [6.07, 6.45) is -0.455. The van der Waals surface area contributed by atoms with E-state index in [9.17, 15) is 27.4 Å². The van der Waals surface area contributed by atoms with E-state index >= 15 is 4.39 Å². The topological polar surface area (TPSA) is 137 Å². The van der Waals surface area contributed by atoms with Crippen molar-refractivity contribution < 1.29 is 45.7 Å². The Morgan fingerprint density at radius 2 is 1.76 bits per heavy atom. The molecule has 10 nitrogen and oxygen atoms in total. The van der Waals surface area contributed by atoms with Crippen LogP contribution in [0.15, 0.2) is 70.4 Å². The number of alkyl halides is 2. The first kappa shape index (κ1) is 30.4. The van der Waals surface area contributed by atoms with Crippen molar-refractivity contribution in [1.82, 2.24) is 14.5 Å². The SMILES string of the molecule is Cc1nc(-c2cc(-c3cc(F)c(CO)c(S(C)(=O)=O)c3)ccc2Cn2cnc(C(C)O)c2)c(-c2ccc3c(c2)OC(F)(F)O3)o1. The van der Waals surface area contributed by atoms with Crippen LogP contribution in [0, 0.1) is 12.7 Å². The Bertz CT molecular complexity index is 2060. The fourth-order valence-corrected chi connectivity index (χ4v) is 6.10. The molecule has 14 heteroatoms. The number of halogens is 3. The summed E-state index contributed by atoms with van der Waals surface area (Å²) in [6, 6.07) is 11.7. The quantitative estimate of drug-likeness (QED) is 0.221. The number of hydrogen-bond acceptors (Lipinski definition) is 9. The highest BCUT2D eigenvalue weighted by molar-refractivity contribution is 7.90. The van der Waals surface area contributed by atoms with Crippen LogP contribution >= 0.6 is 0 Å². The number of oxazole rings is 1. The molecule has 5 aromatic rings. The van der Waals surface area contributed by atoms with E-state index in [4.69, 9.17) is 4.42 Å². The number of sulfone groups is 1. The van der Waals surface area contributed by atoms with E-state index in [0.29, 0.717) is 33.6 Å². The number of aliphatic hydroxyl groups is 2. The number of aryl methyl sites for hydroxylation is 1. The van der Waals surface area contributed by atoms with E-state index < -0.39 is 34.7 Å². The summed E-state index contributed by atoms with van der Waals surface area (Å²) in [4.78, 5) is 8.48. The lowest BCUT2D eigenvalue weighted by Crippen LogP contribution is -2.25. The Kier molecular flexibility index (Phi) is 7.46. The zero-order valence-corrected chi connectivity index (χ0v) is 24.9. The van der Waals surface area contributed by atoms with E-state index in [1.165, 1.54) is 24.3 Å². The van der Waals surface area contributed by atoms with E-state index in [0.717, 1.165) is 12.3 Å². The van der Waals surface area contributed by atoms with Crippen LogP contribution in [0.4, 0.5) is 13.2 Å². The highest BCUT2D eigenvalue weighted by Crippen LogP contribution is 2.45. The van der Waals surface area contributed by atoms with Crippen molar-refractivity contribution in [3.05, 3.63) is 89.6 Å². The lowest BCUT2D eigenvalue weighted by atomic mass is 9.94. The minimum absolute atomic E-state index is 0.145. The third kappa shape index (κ3) is 5.91. The zero-order chi connectivity index (χ0) is 32.3. The van der Waals surface area contributed by atoms with Gasteiger partial charge in [-0.25, -0.2) is 22.8 Å². The minimum atomic E-state index is -3.90. The third-order valence-corrected chi connectivity index (χ3v) is 8.41. The molecule has 2 N–H and O–H groups in total. The third-order valence-electron chi connectivity index (χ3n) is 7.24. The molecule has 0 aliphatic carbocycles. The molecule has 0 radical (unpaired) electrons. The number of rotatable bonds is 8. The van der Waals surface area contributed by atoms with Crippen LogP contribution in [-0.2, 0) is 23.0 Å². The average Bonchev–Trinajstić information content (AvgIpc) is 3.67. The second-order valence-electron chi connectivity index (χ2n) is 10.6. The van der Waals surface area contributed by atoms with Gasteiger partial charge in [0.05, 0.1) is 29.6 Å². The predicted molar refractivity (Wildman–Crippen MR) is 155 cm³/mol. The molecule has 2 aromatic heterocycles. The lowest BCUT2D eigenvalue weighted by molar-refractivity contribution is -0.286. The van der Waals surface area contributed by atoms with E-state index in [1.54, 1.807) is 49.1 Å². The molecule has 3 heterocycles. The monoisotopic (exact) mass is 641 g/mol. The molecule has 0 spiro atoms. The molecule has 0 bridgehead atoms. The van der Waals surface area contributed by atoms with Crippen LogP contribution in [0.5, 0.6) is 11.5 Å². The van der Waals surface area contributed by atoms with Crippen LogP contribution in [0.2, 0.25) is 0 Å². The zero-order valence-electron chi connectivity index (χ0n) is 24.1. The van der Waals surface area contributed by atoms with E-state index in [1.807, 2.05) is 0 Å². The van der Waals surface area contributed by atoms with Crippen molar-refractivity contribution in [1.29, 1.82) is 0 Å². The highest BCUT2D eigenvalue weighted by atomic mass is 32.2. The predicted octanol–water partition coefficient (Wildman–Crippen LogP) is 5.64. The van der Waals surface area contributed by atoms with Gasteiger partial charge in [-0.3, -0.25) is 0 Å². The van der Waals surface area contributed by atoms with Crippen LogP contribution in [0.1, 0.15) is 35.7 Å². The summed E-state index contributed by atoms with van der Waals surface area (Å²) in [5, 5.41) is 19.6. The van der Waals surface area contributed by atoms with Gasteiger partial charge in [0.2, 0.25) is 0 Å². The van der Waals surface area contributed by atoms with E-state index in [2.05, 4.69) is 19.4 Å². The van der Waals surface area contributed by atoms with Crippen LogP contribution in [0.25, 0.3) is 33.7 Å². The van der Waals surface area contributed by atoms with Crippen molar-refractivity contribution in [3.8, 4) is 45.2 Å². The summed E-state index contributed by atoms with van der Waals surface area (Å²) in [5.41, 5.74) is 2.64. The van der Waals surface area contributed by atoms with Gasteiger partial charge in [0.15, 0.2) is 33.0 Å². The van der Waals surface area contributed by atoms with Crippen molar-refractivity contribution in [3.63, 3.8) is 0 Å². The lowest BCUT2D eigenvalue weighted by Gasteiger charge is -2.15. The van der Waals surface area contributed by atoms with Gasteiger partial charge in [0.25, 0.3) is 0 Å². The largest absolute Gasteiger partial charge is 0.586 e. The molecule has 6 rings (SSSR count). The molecule has 1 aliphatic heterocycles. The van der Waals surface area contributed by atoms with Crippen molar-refractivity contribution in [2.24, 2.45) is 0 Å². The molecule has 1 unspecified atom stereocenters. The van der Waals surface area contributed by atoms with Crippen LogP contribution in [0.3, 0.4) is 0 Å². The Labute approximate surface area is 255 Å². The van der Waals surface area contributed by atoms with Crippen molar-refractivity contribution in [2.75, 3.05) is 6.26 Å². The second-order valence-corrected chi connectivity index (χ2v) is 12.6. The minimum Gasteiger partial charge on any atom is -0.440 e. The van der Waals surface area contributed by atoms with E-state index in [-0.39, 0.29) is 45.7 Å². The summed E-state index contributed by atoms with van der Waals surface area (Å²) in [7, 11) is -3.90. The normalized spacial score (nSPS) is 14.6. The standard InChI is InChI=1S/C31H26F3N3O7S/c1-16(39)25-13-37(15-35-25)12-20-5-4-18(21-9-24(32)23(14-38)28(11-21)45(3,40)41)8-22(20)29-30(42-17(2)36-29)19-6-7-26-27(10-19)44-31(33,34)43-26/h4-11,13,15-16,38-39H,12,14H2,1-3H3. The number of fused-ring (bicyclic) bond motifs is 1. The van der Waals surface area contributed by atoms with Gasteiger partial charge in [-0.2, -0.15) is 0 Å². The number of aliphatic hydroxyl groups excluding tert-OH is 2. The molecular weight excluding hydrogens is 615 g/mol. The van der Waals surface area contributed by atoms with Gasteiger partial charge in [-0.05, 0) is 60.0 Å². The van der Waals surface area contributed by atoms with Gasteiger partial charge in [0, 0.05) is 42.6 Å². The first-order valence-electron chi connectivity index (χ1n) is 13.6. The molecule has 45 heavy (non-hydrogen) atoms. The maximum absolute atomic E-state index is 15.1. The molecule has 0 fully saturated rings. The molecular formula is C31H26F3N3O7S. The number of nitrogens with zero attached hydrogens (tertiary/aromatic N) is 3. The molecule has 0 amide bonds. The number of ether oxygens (including phenoxy) is 2. The maximum Gasteiger partial charge on any atom is 0.586 e. The number of benzene rings is 3. The summed E-state index contributed by atoms with van der Waals surface area (Å²) in [5.74, 6) is -0.741. The molecule has 0 saturated heterocycles. The smallest absolute Gasteiger partial charge is 0.440 e. The molecule has 1 atom stereocenters. The Morgan fingerprint density at radius 3 is 2.44 bits per heavy atom. The fourth-order valence-electron chi connectivity index (χ4n) is 5.15. The van der Waals surface area contributed by atoms with Gasteiger partial charge in [-0.15, -0.1) is 8.78 Å². The second kappa shape index (κ2) is 11.1. The number of aromatic nitrogens is 3. The Balaban J connectivity index is 1.53. The summed E-state index contributed by atoms with van der Waals surface area (Å²) < 4.78 is 84.3. The molecule has 0 saturated carbocycles. The van der Waals surface area contributed by atoms with Crippen molar-refractivity contribution >= 4 is 9.84 Å². The summed E-state index contributed by atoms with van der Waals surface area (Å²) in [6.45, 7) is 2.65. The van der Waals surface area contributed by atoms with Gasteiger partial charge in [-0.1, -0.05) is 12.1 Å². The van der Waals surface area contributed by atoms with Crippen LogP contribution in [-0.4, -0.2) is 45.7 Å². The van der Waals surface area contributed by atoms with Gasteiger partial charge in [0.1, 0.15) is 11.5 Å². The Morgan fingerprint density at radius 1 is 1.02 bits per heavy atom. The number of hydrogen-bond donors (Lipinski definition) is 2. The summed E-state index contributed by atoms with van der Waals surface area (Å²) >= 11 is 0. The first-order chi connectivity index (χ1) is 21.2. The van der Waals surface area contributed by atoms with Crippen LogP contribution < -0.4 is 9.47 Å².